The number of aromatic nitrogens is 2. The third-order valence-electron chi connectivity index (χ3n) is 2.18. The SMILES string of the molecule is CN(C)c1cnc(Nc2ccccc2)nc1. The third-order valence-corrected chi connectivity index (χ3v) is 2.18. The molecule has 1 heterocycles. The predicted octanol–water partition coefficient (Wildman–Crippen LogP) is 2.29. The van der Waals surface area contributed by atoms with Crippen LogP contribution in [0.5, 0.6) is 0 Å². The first-order valence-corrected chi connectivity index (χ1v) is 5.07. The number of hydrogen-bond acceptors (Lipinski definition) is 4. The van der Waals surface area contributed by atoms with E-state index in [0.717, 1.165) is 11.4 Å². The zero-order valence-corrected chi connectivity index (χ0v) is 9.38. The van der Waals surface area contributed by atoms with Gasteiger partial charge in [-0.1, -0.05) is 18.2 Å². The van der Waals surface area contributed by atoms with E-state index in [-0.39, 0.29) is 0 Å². The van der Waals surface area contributed by atoms with Crippen LogP contribution in [0, 0.1) is 0 Å². The maximum Gasteiger partial charge on any atom is 0.227 e. The highest BCUT2D eigenvalue weighted by Gasteiger charge is 1.98. The summed E-state index contributed by atoms with van der Waals surface area (Å²) in [6, 6.07) is 9.86. The Labute approximate surface area is 95.0 Å². The van der Waals surface area contributed by atoms with E-state index in [0.29, 0.717) is 5.95 Å². The molecule has 1 aromatic carbocycles. The van der Waals surface area contributed by atoms with Gasteiger partial charge >= 0.3 is 0 Å². The molecule has 0 bridgehead atoms. The number of benzene rings is 1. The highest BCUT2D eigenvalue weighted by Crippen LogP contribution is 2.13. The summed E-state index contributed by atoms with van der Waals surface area (Å²) >= 11 is 0. The first kappa shape index (κ1) is 10.4. The molecule has 1 aromatic heterocycles. The summed E-state index contributed by atoms with van der Waals surface area (Å²) in [6.45, 7) is 0. The van der Waals surface area contributed by atoms with Gasteiger partial charge in [-0.05, 0) is 12.1 Å². The van der Waals surface area contributed by atoms with Crippen LogP contribution in [-0.2, 0) is 0 Å². The van der Waals surface area contributed by atoms with Crippen molar-refractivity contribution in [3.63, 3.8) is 0 Å². The lowest BCUT2D eigenvalue weighted by Gasteiger charge is -2.11. The van der Waals surface area contributed by atoms with Crippen molar-refractivity contribution in [1.29, 1.82) is 0 Å². The van der Waals surface area contributed by atoms with E-state index in [1.165, 1.54) is 0 Å². The molecular formula is C12H14N4. The monoisotopic (exact) mass is 214 g/mol. The molecule has 0 spiro atoms. The standard InChI is InChI=1S/C12H14N4/c1-16(2)11-8-13-12(14-9-11)15-10-6-4-3-5-7-10/h3-9H,1-2H3,(H,13,14,15). The van der Waals surface area contributed by atoms with Gasteiger partial charge < -0.3 is 10.2 Å². The third kappa shape index (κ3) is 2.48. The minimum absolute atomic E-state index is 0.608. The van der Waals surface area contributed by atoms with E-state index in [4.69, 9.17) is 0 Å². The summed E-state index contributed by atoms with van der Waals surface area (Å²) in [4.78, 5) is 10.4. The first-order chi connectivity index (χ1) is 7.75. The van der Waals surface area contributed by atoms with Crippen molar-refractivity contribution in [2.75, 3.05) is 24.3 Å². The van der Waals surface area contributed by atoms with Crippen LogP contribution in [0.1, 0.15) is 0 Å². The van der Waals surface area contributed by atoms with E-state index in [2.05, 4.69) is 15.3 Å². The van der Waals surface area contributed by atoms with Gasteiger partial charge in [-0.2, -0.15) is 0 Å². The van der Waals surface area contributed by atoms with Gasteiger partial charge in [0.05, 0.1) is 18.1 Å². The maximum absolute atomic E-state index is 4.23. The summed E-state index contributed by atoms with van der Waals surface area (Å²) in [5, 5.41) is 3.13. The van der Waals surface area contributed by atoms with Gasteiger partial charge in [0.25, 0.3) is 0 Å². The van der Waals surface area contributed by atoms with Crippen LogP contribution in [0.15, 0.2) is 42.7 Å². The summed E-state index contributed by atoms with van der Waals surface area (Å²) in [7, 11) is 3.92. The molecule has 82 valence electrons. The van der Waals surface area contributed by atoms with E-state index in [9.17, 15) is 0 Å². The molecule has 0 saturated carbocycles. The van der Waals surface area contributed by atoms with Gasteiger partial charge in [0.15, 0.2) is 0 Å². The highest BCUT2D eigenvalue weighted by atomic mass is 15.1. The lowest BCUT2D eigenvalue weighted by Crippen LogP contribution is -2.09. The zero-order valence-electron chi connectivity index (χ0n) is 9.38. The molecule has 0 aliphatic heterocycles. The smallest absolute Gasteiger partial charge is 0.227 e. The summed E-state index contributed by atoms with van der Waals surface area (Å²) in [5.41, 5.74) is 1.97. The molecule has 0 radical (unpaired) electrons. The largest absolute Gasteiger partial charge is 0.375 e. The molecular weight excluding hydrogens is 200 g/mol. The number of rotatable bonds is 3. The molecule has 0 fully saturated rings. The Kier molecular flexibility index (Phi) is 3.00. The predicted molar refractivity (Wildman–Crippen MR) is 66.1 cm³/mol. The van der Waals surface area contributed by atoms with Crippen molar-refractivity contribution in [1.82, 2.24) is 9.97 Å². The lowest BCUT2D eigenvalue weighted by molar-refractivity contribution is 1.07. The van der Waals surface area contributed by atoms with Crippen molar-refractivity contribution in [2.45, 2.75) is 0 Å². The minimum atomic E-state index is 0.608. The summed E-state index contributed by atoms with van der Waals surface area (Å²) < 4.78 is 0. The molecule has 16 heavy (non-hydrogen) atoms. The fourth-order valence-corrected chi connectivity index (χ4v) is 1.27. The molecule has 4 heteroatoms. The molecule has 0 aliphatic carbocycles. The zero-order chi connectivity index (χ0) is 11.4. The molecule has 0 aliphatic rings. The van der Waals surface area contributed by atoms with Crippen molar-refractivity contribution < 1.29 is 0 Å². The van der Waals surface area contributed by atoms with E-state index >= 15 is 0 Å². The number of para-hydroxylation sites is 1. The van der Waals surface area contributed by atoms with Crippen LogP contribution in [0.25, 0.3) is 0 Å². The van der Waals surface area contributed by atoms with Crippen LogP contribution >= 0.6 is 0 Å². The number of hydrogen-bond donors (Lipinski definition) is 1. The Morgan fingerprint density at radius 1 is 1.00 bits per heavy atom. The maximum atomic E-state index is 4.23. The Morgan fingerprint density at radius 2 is 1.62 bits per heavy atom. The van der Waals surface area contributed by atoms with Gasteiger partial charge in [-0.15, -0.1) is 0 Å². The van der Waals surface area contributed by atoms with Crippen molar-refractivity contribution in [2.24, 2.45) is 0 Å². The van der Waals surface area contributed by atoms with E-state index in [1.54, 1.807) is 12.4 Å². The summed E-state index contributed by atoms with van der Waals surface area (Å²) in [6.07, 6.45) is 3.58. The topological polar surface area (TPSA) is 41.1 Å². The van der Waals surface area contributed by atoms with Gasteiger partial charge in [0, 0.05) is 19.8 Å². The number of anilines is 3. The second-order valence-electron chi connectivity index (χ2n) is 3.65. The molecule has 1 N–H and O–H groups in total. The average Bonchev–Trinajstić information content (AvgIpc) is 2.31. The molecule has 4 nitrogen and oxygen atoms in total. The molecule has 0 amide bonds. The fourth-order valence-electron chi connectivity index (χ4n) is 1.27. The molecule has 2 aromatic rings. The van der Waals surface area contributed by atoms with Gasteiger partial charge in [-0.3, -0.25) is 0 Å². The molecule has 0 saturated heterocycles. The van der Waals surface area contributed by atoms with Crippen molar-refractivity contribution in [3.05, 3.63) is 42.7 Å². The molecule has 2 rings (SSSR count). The van der Waals surface area contributed by atoms with Crippen LogP contribution in [0.4, 0.5) is 17.3 Å². The van der Waals surface area contributed by atoms with Gasteiger partial charge in [0.1, 0.15) is 0 Å². The highest BCUT2D eigenvalue weighted by molar-refractivity contribution is 5.53. The van der Waals surface area contributed by atoms with Crippen LogP contribution < -0.4 is 10.2 Å². The Bertz CT molecular complexity index is 436. The first-order valence-electron chi connectivity index (χ1n) is 5.07. The minimum Gasteiger partial charge on any atom is -0.375 e. The number of nitrogens with zero attached hydrogens (tertiary/aromatic N) is 3. The Morgan fingerprint density at radius 3 is 2.19 bits per heavy atom. The Hall–Kier alpha value is -2.10. The number of nitrogens with one attached hydrogen (secondary N) is 1. The summed E-state index contributed by atoms with van der Waals surface area (Å²) in [5.74, 6) is 0.608. The van der Waals surface area contributed by atoms with E-state index in [1.807, 2.05) is 49.3 Å². The van der Waals surface area contributed by atoms with Gasteiger partial charge in [0.2, 0.25) is 5.95 Å². The van der Waals surface area contributed by atoms with Crippen LogP contribution in [-0.4, -0.2) is 24.1 Å². The van der Waals surface area contributed by atoms with Gasteiger partial charge in [-0.25, -0.2) is 9.97 Å². The van der Waals surface area contributed by atoms with Crippen molar-refractivity contribution in [3.8, 4) is 0 Å². The second-order valence-corrected chi connectivity index (χ2v) is 3.65. The fraction of sp³-hybridized carbons (Fsp3) is 0.167. The van der Waals surface area contributed by atoms with Crippen molar-refractivity contribution >= 4 is 17.3 Å². The van der Waals surface area contributed by atoms with Crippen LogP contribution in [0.2, 0.25) is 0 Å². The normalized spacial score (nSPS) is 9.88. The Balaban J connectivity index is 2.11. The quantitative estimate of drug-likeness (QED) is 0.851. The second kappa shape index (κ2) is 4.61. The molecule has 0 unspecified atom stereocenters. The van der Waals surface area contributed by atoms with E-state index < -0.39 is 0 Å². The average molecular weight is 214 g/mol. The molecule has 0 atom stereocenters. The lowest BCUT2D eigenvalue weighted by atomic mass is 10.3. The van der Waals surface area contributed by atoms with Crippen LogP contribution in [0.3, 0.4) is 0 Å².